The zero-order chi connectivity index (χ0) is 17.2. The molecule has 2 N–H and O–H groups in total. The summed E-state index contributed by atoms with van der Waals surface area (Å²) in [5.74, 6) is 0.956. The van der Waals surface area contributed by atoms with Crippen LogP contribution in [0, 0.1) is 5.92 Å². The van der Waals surface area contributed by atoms with Crippen molar-refractivity contribution in [2.24, 2.45) is 11.7 Å². The predicted octanol–water partition coefficient (Wildman–Crippen LogP) is 4.06. The highest BCUT2D eigenvalue weighted by atomic mass is 35.5. The normalized spacial score (nSPS) is 21.0. The lowest BCUT2D eigenvalue weighted by Crippen LogP contribution is -2.23. The Morgan fingerprint density at radius 3 is 2.68 bits per heavy atom. The van der Waals surface area contributed by atoms with Crippen molar-refractivity contribution in [1.82, 2.24) is 9.88 Å². The van der Waals surface area contributed by atoms with Crippen molar-refractivity contribution < 1.29 is 0 Å². The molecule has 25 heavy (non-hydrogen) atoms. The van der Waals surface area contributed by atoms with Gasteiger partial charge in [-0.25, -0.2) is 0 Å². The van der Waals surface area contributed by atoms with Gasteiger partial charge in [-0.05, 0) is 30.2 Å². The molecule has 3 nitrogen and oxygen atoms in total. The number of hydrogen-bond donors (Lipinski definition) is 1. The summed E-state index contributed by atoms with van der Waals surface area (Å²) >= 11 is 6.51. The average molecular weight is 352 g/mol. The summed E-state index contributed by atoms with van der Waals surface area (Å²) in [6.45, 7) is 3.52. The number of nitrogens with zero attached hydrogens (tertiary/aromatic N) is 2. The molecule has 1 fully saturated rings. The fraction of sp³-hybridized carbons (Fsp3) is 0.286. The van der Waals surface area contributed by atoms with Gasteiger partial charge in [0.25, 0.3) is 0 Å². The maximum absolute atomic E-state index is 6.51. The van der Waals surface area contributed by atoms with E-state index in [1.54, 1.807) is 0 Å². The summed E-state index contributed by atoms with van der Waals surface area (Å²) in [7, 11) is 0. The van der Waals surface area contributed by atoms with Crippen molar-refractivity contribution in [2.45, 2.75) is 12.5 Å². The Bertz CT molecular complexity index is 865. The third-order valence-corrected chi connectivity index (χ3v) is 5.61. The SMILES string of the molecule is NC[C@@H]1CN(Cc2c(Cl)ccc3cccnc23)C[C@H]1c1ccccc1. The number of hydrogen-bond acceptors (Lipinski definition) is 3. The zero-order valence-corrected chi connectivity index (χ0v) is 14.9. The van der Waals surface area contributed by atoms with Gasteiger partial charge in [-0.15, -0.1) is 0 Å². The Balaban J connectivity index is 1.61. The van der Waals surface area contributed by atoms with Crippen LogP contribution in [0.2, 0.25) is 5.02 Å². The highest BCUT2D eigenvalue weighted by Gasteiger charge is 2.33. The van der Waals surface area contributed by atoms with E-state index < -0.39 is 0 Å². The molecular formula is C21H22ClN3. The van der Waals surface area contributed by atoms with E-state index in [-0.39, 0.29) is 0 Å². The Morgan fingerprint density at radius 1 is 1.04 bits per heavy atom. The number of likely N-dealkylation sites (tertiary alicyclic amines) is 1. The molecule has 1 aliphatic heterocycles. The molecule has 0 radical (unpaired) electrons. The van der Waals surface area contributed by atoms with Gasteiger partial charge in [0.2, 0.25) is 0 Å². The maximum atomic E-state index is 6.51. The van der Waals surface area contributed by atoms with Gasteiger partial charge in [0.15, 0.2) is 0 Å². The summed E-state index contributed by atoms with van der Waals surface area (Å²) in [4.78, 5) is 7.03. The van der Waals surface area contributed by atoms with Crippen LogP contribution in [0.5, 0.6) is 0 Å². The lowest BCUT2D eigenvalue weighted by molar-refractivity contribution is 0.318. The van der Waals surface area contributed by atoms with E-state index in [1.807, 2.05) is 24.4 Å². The van der Waals surface area contributed by atoms with Gasteiger partial charge in [-0.3, -0.25) is 9.88 Å². The Hall–Kier alpha value is -1.94. The molecule has 0 aliphatic carbocycles. The molecule has 0 unspecified atom stereocenters. The number of benzene rings is 2. The van der Waals surface area contributed by atoms with Gasteiger partial charge in [0.05, 0.1) is 5.52 Å². The monoisotopic (exact) mass is 351 g/mol. The number of fused-ring (bicyclic) bond motifs is 1. The van der Waals surface area contributed by atoms with Gasteiger partial charge < -0.3 is 5.73 Å². The highest BCUT2D eigenvalue weighted by Crippen LogP contribution is 2.34. The van der Waals surface area contributed by atoms with E-state index in [1.165, 1.54) is 5.56 Å². The minimum absolute atomic E-state index is 0.476. The first-order valence-corrected chi connectivity index (χ1v) is 9.13. The number of rotatable bonds is 4. The first-order valence-electron chi connectivity index (χ1n) is 8.75. The lowest BCUT2D eigenvalue weighted by Gasteiger charge is -2.18. The largest absolute Gasteiger partial charge is 0.330 e. The summed E-state index contributed by atoms with van der Waals surface area (Å²) < 4.78 is 0. The lowest BCUT2D eigenvalue weighted by atomic mass is 9.89. The van der Waals surface area contributed by atoms with E-state index in [9.17, 15) is 0 Å². The molecule has 0 spiro atoms. The minimum Gasteiger partial charge on any atom is -0.330 e. The van der Waals surface area contributed by atoms with Crippen LogP contribution in [-0.2, 0) is 6.54 Å². The molecule has 3 aromatic rings. The third-order valence-electron chi connectivity index (χ3n) is 5.25. The third kappa shape index (κ3) is 3.28. The predicted molar refractivity (Wildman–Crippen MR) is 104 cm³/mol. The fourth-order valence-electron chi connectivity index (χ4n) is 3.96. The second kappa shape index (κ2) is 7.12. The van der Waals surface area contributed by atoms with Crippen molar-refractivity contribution in [3.05, 3.63) is 76.9 Å². The van der Waals surface area contributed by atoms with Crippen LogP contribution in [-0.4, -0.2) is 29.5 Å². The van der Waals surface area contributed by atoms with Gasteiger partial charge in [-0.2, -0.15) is 0 Å². The number of nitrogens with two attached hydrogens (primary N) is 1. The van der Waals surface area contributed by atoms with Gasteiger partial charge >= 0.3 is 0 Å². The summed E-state index contributed by atoms with van der Waals surface area (Å²) in [6, 6.07) is 18.8. The molecule has 4 rings (SSSR count). The number of pyridine rings is 1. The van der Waals surface area contributed by atoms with E-state index in [0.29, 0.717) is 18.4 Å². The number of aromatic nitrogens is 1. The number of halogens is 1. The molecular weight excluding hydrogens is 330 g/mol. The Labute approximate surface area is 153 Å². The molecule has 1 aliphatic rings. The molecule has 128 valence electrons. The smallest absolute Gasteiger partial charge is 0.0761 e. The van der Waals surface area contributed by atoms with Gasteiger partial charge in [0, 0.05) is 47.7 Å². The first kappa shape index (κ1) is 16.5. The van der Waals surface area contributed by atoms with Crippen LogP contribution >= 0.6 is 11.6 Å². The van der Waals surface area contributed by atoms with Crippen LogP contribution in [0.3, 0.4) is 0 Å². The molecule has 2 atom stereocenters. The molecule has 4 heteroatoms. The Morgan fingerprint density at radius 2 is 1.88 bits per heavy atom. The highest BCUT2D eigenvalue weighted by molar-refractivity contribution is 6.32. The molecule has 2 heterocycles. The first-order chi connectivity index (χ1) is 12.3. The van der Waals surface area contributed by atoms with Crippen molar-refractivity contribution >= 4 is 22.5 Å². The van der Waals surface area contributed by atoms with Gasteiger partial charge in [-0.1, -0.05) is 54.1 Å². The summed E-state index contributed by atoms with van der Waals surface area (Å²) in [5.41, 5.74) is 9.57. The van der Waals surface area contributed by atoms with Crippen molar-refractivity contribution in [2.75, 3.05) is 19.6 Å². The van der Waals surface area contributed by atoms with Crippen LogP contribution in [0.4, 0.5) is 0 Å². The fourth-order valence-corrected chi connectivity index (χ4v) is 4.17. The van der Waals surface area contributed by atoms with Gasteiger partial charge in [0.1, 0.15) is 0 Å². The second-order valence-electron chi connectivity index (χ2n) is 6.81. The molecule has 1 saturated heterocycles. The molecule has 1 aromatic heterocycles. The van der Waals surface area contributed by atoms with Crippen LogP contribution in [0.25, 0.3) is 10.9 Å². The standard InChI is InChI=1S/C21H22ClN3/c22-20-9-8-16-7-4-10-24-21(16)19(20)14-25-12-17(11-23)18(13-25)15-5-2-1-3-6-15/h1-10,17-18H,11-14,23H2/t17-,18+/m1/s1. The van der Waals surface area contributed by atoms with Crippen LogP contribution < -0.4 is 5.73 Å². The van der Waals surface area contributed by atoms with Crippen LogP contribution in [0.15, 0.2) is 60.8 Å². The van der Waals surface area contributed by atoms with Crippen molar-refractivity contribution in [1.29, 1.82) is 0 Å². The van der Waals surface area contributed by atoms with E-state index in [0.717, 1.165) is 41.1 Å². The summed E-state index contributed by atoms with van der Waals surface area (Å²) in [5, 5.41) is 1.93. The molecule has 0 bridgehead atoms. The minimum atomic E-state index is 0.476. The maximum Gasteiger partial charge on any atom is 0.0761 e. The second-order valence-corrected chi connectivity index (χ2v) is 7.22. The molecule has 0 amide bonds. The topological polar surface area (TPSA) is 42.1 Å². The van der Waals surface area contributed by atoms with E-state index in [4.69, 9.17) is 17.3 Å². The molecule has 0 saturated carbocycles. The quantitative estimate of drug-likeness (QED) is 0.770. The van der Waals surface area contributed by atoms with Crippen molar-refractivity contribution in [3.63, 3.8) is 0 Å². The average Bonchev–Trinajstić information content (AvgIpc) is 3.08. The van der Waals surface area contributed by atoms with E-state index >= 15 is 0 Å². The molecule has 2 aromatic carbocycles. The summed E-state index contributed by atoms with van der Waals surface area (Å²) in [6.07, 6.45) is 1.83. The van der Waals surface area contributed by atoms with Crippen molar-refractivity contribution in [3.8, 4) is 0 Å². The van der Waals surface area contributed by atoms with Crippen LogP contribution in [0.1, 0.15) is 17.0 Å². The Kier molecular flexibility index (Phi) is 4.71. The zero-order valence-electron chi connectivity index (χ0n) is 14.1. The van der Waals surface area contributed by atoms with E-state index in [2.05, 4.69) is 46.3 Å².